The molecule has 0 atom stereocenters. The second-order valence-corrected chi connectivity index (χ2v) is 14.5. The zero-order valence-electron chi connectivity index (χ0n) is 32.9. The number of unbranched alkanes of at least 4 members (excludes halogenated alkanes) is 28. The molecule has 0 radical (unpaired) electrons. The van der Waals surface area contributed by atoms with Crippen molar-refractivity contribution in [3.63, 3.8) is 0 Å². The van der Waals surface area contributed by atoms with Gasteiger partial charge in [0.2, 0.25) is 0 Å². The van der Waals surface area contributed by atoms with Crippen molar-refractivity contribution in [2.75, 3.05) is 32.8 Å². The third-order valence-corrected chi connectivity index (χ3v) is 9.78. The number of carbonyl (C=O) groups excluding carboxylic acids is 3. The second kappa shape index (κ2) is 39.2. The van der Waals surface area contributed by atoms with E-state index in [2.05, 4.69) is 19.6 Å². The Labute approximate surface area is 304 Å². The maximum Gasteiger partial charge on any atom is 0.305 e. The van der Waals surface area contributed by atoms with Gasteiger partial charge in [0.1, 0.15) is 13.2 Å². The van der Waals surface area contributed by atoms with Crippen LogP contribution >= 0.6 is 0 Å². The average molecular weight is 696 g/mol. The Morgan fingerprint density at radius 2 is 0.653 bits per heavy atom. The SMILES string of the molecule is CCCCCCCCCCCCCCCCCC(=O)OCCN(CCOC(=O)CCCCCCCCCCCCCCCCC)C(=O)C[NH3+]. The molecular weight excluding hydrogens is 612 g/mol. The smallest absolute Gasteiger partial charge is 0.305 e. The summed E-state index contributed by atoms with van der Waals surface area (Å²) >= 11 is 0. The zero-order chi connectivity index (χ0) is 35.9. The molecule has 7 nitrogen and oxygen atoms in total. The largest absolute Gasteiger partial charge is 0.464 e. The standard InChI is InChI=1S/C42H82N2O5/c1-3-5-7-9-11-13-15-17-19-21-23-25-27-29-31-33-41(46)48-37-35-44(40(45)39-43)36-38-49-42(47)34-32-30-28-26-24-22-20-18-16-14-12-10-8-6-4-2/h3-39,43H2,1-2H3/p+1. The highest BCUT2D eigenvalue weighted by Gasteiger charge is 2.15. The van der Waals surface area contributed by atoms with Crippen LogP contribution in [0.1, 0.15) is 219 Å². The minimum absolute atomic E-state index is 0.125. The van der Waals surface area contributed by atoms with Gasteiger partial charge in [-0.3, -0.25) is 14.4 Å². The summed E-state index contributed by atoms with van der Waals surface area (Å²) in [5.41, 5.74) is 3.69. The predicted octanol–water partition coefficient (Wildman–Crippen LogP) is 10.7. The normalized spacial score (nSPS) is 11.2. The number of ether oxygens (including phenoxy) is 2. The lowest BCUT2D eigenvalue weighted by Gasteiger charge is -2.21. The lowest BCUT2D eigenvalue weighted by Crippen LogP contribution is -2.58. The van der Waals surface area contributed by atoms with Crippen LogP contribution in [0.5, 0.6) is 0 Å². The molecule has 0 aliphatic heterocycles. The first-order chi connectivity index (χ1) is 24.0. The van der Waals surface area contributed by atoms with E-state index in [4.69, 9.17) is 9.47 Å². The topological polar surface area (TPSA) is 101 Å². The Bertz CT molecular complexity index is 680. The van der Waals surface area contributed by atoms with E-state index in [0.29, 0.717) is 25.9 Å². The highest BCUT2D eigenvalue weighted by atomic mass is 16.5. The molecule has 0 aromatic carbocycles. The van der Waals surface area contributed by atoms with Crippen LogP contribution in [0, 0.1) is 0 Å². The summed E-state index contributed by atoms with van der Waals surface area (Å²) in [7, 11) is 0. The van der Waals surface area contributed by atoms with Crippen LogP contribution in [0.4, 0.5) is 0 Å². The molecule has 0 aromatic heterocycles. The molecule has 49 heavy (non-hydrogen) atoms. The van der Waals surface area contributed by atoms with E-state index in [0.717, 1.165) is 25.7 Å². The molecule has 0 saturated heterocycles. The quantitative estimate of drug-likeness (QED) is 0.0509. The van der Waals surface area contributed by atoms with Crippen molar-refractivity contribution in [2.24, 2.45) is 0 Å². The summed E-state index contributed by atoms with van der Waals surface area (Å²) in [6, 6.07) is 0. The van der Waals surface area contributed by atoms with Gasteiger partial charge in [-0.25, -0.2) is 0 Å². The lowest BCUT2D eigenvalue weighted by molar-refractivity contribution is -0.357. The molecule has 0 fully saturated rings. The fourth-order valence-corrected chi connectivity index (χ4v) is 6.48. The Balaban J connectivity index is 3.67. The fourth-order valence-electron chi connectivity index (χ4n) is 6.48. The van der Waals surface area contributed by atoms with Gasteiger partial charge in [-0.15, -0.1) is 0 Å². The minimum Gasteiger partial charge on any atom is -0.464 e. The highest BCUT2D eigenvalue weighted by molar-refractivity contribution is 5.77. The van der Waals surface area contributed by atoms with Crippen molar-refractivity contribution in [3.8, 4) is 0 Å². The third kappa shape index (κ3) is 36.0. The van der Waals surface area contributed by atoms with Gasteiger partial charge >= 0.3 is 11.9 Å². The Kier molecular flexibility index (Phi) is 37.9. The molecule has 7 heteroatoms. The summed E-state index contributed by atoms with van der Waals surface area (Å²) in [6.45, 7) is 5.59. The fraction of sp³-hybridized carbons (Fsp3) is 0.929. The molecule has 0 rings (SSSR count). The van der Waals surface area contributed by atoms with Crippen molar-refractivity contribution >= 4 is 17.8 Å². The maximum atomic E-state index is 12.3. The molecule has 3 N–H and O–H groups in total. The number of amides is 1. The Morgan fingerprint density at radius 3 is 0.898 bits per heavy atom. The van der Waals surface area contributed by atoms with Gasteiger partial charge in [0, 0.05) is 12.8 Å². The molecule has 0 spiro atoms. The van der Waals surface area contributed by atoms with Crippen molar-refractivity contribution in [1.29, 1.82) is 0 Å². The van der Waals surface area contributed by atoms with Crippen molar-refractivity contribution in [3.05, 3.63) is 0 Å². The molecule has 0 saturated carbocycles. The highest BCUT2D eigenvalue weighted by Crippen LogP contribution is 2.15. The number of quaternary nitrogens is 1. The lowest BCUT2D eigenvalue weighted by atomic mass is 10.0. The number of hydrogen-bond acceptors (Lipinski definition) is 5. The zero-order valence-corrected chi connectivity index (χ0v) is 32.9. The molecular formula is C42H83N2O5+. The molecule has 1 amide bonds. The molecule has 0 aliphatic carbocycles. The van der Waals surface area contributed by atoms with E-state index in [1.54, 1.807) is 4.90 Å². The summed E-state index contributed by atoms with van der Waals surface area (Å²) in [5, 5.41) is 0. The molecule has 290 valence electrons. The van der Waals surface area contributed by atoms with Gasteiger partial charge < -0.3 is 20.1 Å². The number of rotatable bonds is 39. The van der Waals surface area contributed by atoms with Gasteiger partial charge in [0.25, 0.3) is 5.91 Å². The third-order valence-electron chi connectivity index (χ3n) is 9.78. The van der Waals surface area contributed by atoms with E-state index < -0.39 is 0 Å². The molecule has 0 bridgehead atoms. The van der Waals surface area contributed by atoms with E-state index in [-0.39, 0.29) is 37.6 Å². The molecule has 0 heterocycles. The van der Waals surface area contributed by atoms with E-state index >= 15 is 0 Å². The van der Waals surface area contributed by atoms with Crippen LogP contribution in [0.3, 0.4) is 0 Å². The molecule has 0 aliphatic rings. The van der Waals surface area contributed by atoms with E-state index in [1.165, 1.54) is 167 Å². The summed E-state index contributed by atoms with van der Waals surface area (Å²) in [6.07, 6.45) is 39.7. The first-order valence-corrected chi connectivity index (χ1v) is 21.4. The van der Waals surface area contributed by atoms with Gasteiger partial charge in [-0.2, -0.15) is 0 Å². The number of nitrogens with zero attached hydrogens (tertiary/aromatic N) is 1. The van der Waals surface area contributed by atoms with Crippen LogP contribution in [0.15, 0.2) is 0 Å². The minimum atomic E-state index is -0.202. The number of hydrogen-bond donors (Lipinski definition) is 1. The Hall–Kier alpha value is -1.63. The van der Waals surface area contributed by atoms with Gasteiger partial charge in [-0.1, -0.05) is 194 Å². The van der Waals surface area contributed by atoms with Crippen molar-refractivity contribution < 1.29 is 29.6 Å². The number of carbonyl (C=O) groups is 3. The van der Waals surface area contributed by atoms with Crippen molar-refractivity contribution in [2.45, 2.75) is 219 Å². The first-order valence-electron chi connectivity index (χ1n) is 21.4. The van der Waals surface area contributed by atoms with Gasteiger partial charge in [-0.05, 0) is 12.8 Å². The van der Waals surface area contributed by atoms with E-state index in [1.807, 2.05) is 0 Å². The predicted molar refractivity (Wildman–Crippen MR) is 205 cm³/mol. The number of esters is 2. The van der Waals surface area contributed by atoms with Crippen LogP contribution in [-0.2, 0) is 23.9 Å². The summed E-state index contributed by atoms with van der Waals surface area (Å²) in [5.74, 6) is -0.532. The first kappa shape index (κ1) is 47.4. The average Bonchev–Trinajstić information content (AvgIpc) is 3.10. The summed E-state index contributed by atoms with van der Waals surface area (Å²) < 4.78 is 10.8. The van der Waals surface area contributed by atoms with E-state index in [9.17, 15) is 14.4 Å². The van der Waals surface area contributed by atoms with Gasteiger partial charge in [0.15, 0.2) is 6.54 Å². The van der Waals surface area contributed by atoms with Crippen LogP contribution in [-0.4, -0.2) is 55.6 Å². The molecule has 0 unspecified atom stereocenters. The van der Waals surface area contributed by atoms with Gasteiger partial charge in [0.05, 0.1) is 13.1 Å². The second-order valence-electron chi connectivity index (χ2n) is 14.5. The van der Waals surface area contributed by atoms with Crippen LogP contribution in [0.2, 0.25) is 0 Å². The summed E-state index contributed by atoms with van der Waals surface area (Å²) in [4.78, 5) is 38.2. The van der Waals surface area contributed by atoms with Crippen LogP contribution in [0.25, 0.3) is 0 Å². The Morgan fingerprint density at radius 1 is 0.408 bits per heavy atom. The van der Waals surface area contributed by atoms with Crippen LogP contribution < -0.4 is 5.73 Å². The monoisotopic (exact) mass is 696 g/mol. The molecule has 0 aromatic rings. The van der Waals surface area contributed by atoms with Crippen molar-refractivity contribution in [1.82, 2.24) is 4.90 Å². The maximum absolute atomic E-state index is 12.3.